The minimum atomic E-state index is -4.76. The van der Waals surface area contributed by atoms with E-state index >= 15 is 0 Å². The lowest BCUT2D eigenvalue weighted by Crippen LogP contribution is -2.53. The van der Waals surface area contributed by atoms with Gasteiger partial charge in [0, 0.05) is 12.8 Å². The number of hydrogen-bond acceptors (Lipinski definition) is 9. The van der Waals surface area contributed by atoms with Gasteiger partial charge in [0.2, 0.25) is 17.7 Å². The number of amides is 3. The van der Waals surface area contributed by atoms with Crippen LogP contribution < -0.4 is 26.2 Å². The third-order valence-electron chi connectivity index (χ3n) is 6.29. The van der Waals surface area contributed by atoms with Gasteiger partial charge in [0.05, 0.1) is 6.04 Å². The summed E-state index contributed by atoms with van der Waals surface area (Å²) in [6.45, 7) is 3.31. The molecule has 10 N–H and O–H groups in total. The van der Waals surface area contributed by atoms with Crippen LogP contribution in [0.4, 0.5) is 0 Å². The Hall–Kier alpha value is -4.05. The second-order valence-electron chi connectivity index (χ2n) is 9.74. The summed E-state index contributed by atoms with van der Waals surface area (Å²) in [6, 6.07) is -0.215. The van der Waals surface area contributed by atoms with E-state index in [0.29, 0.717) is 12.0 Å². The van der Waals surface area contributed by atoms with Gasteiger partial charge >= 0.3 is 25.7 Å². The first-order chi connectivity index (χ1) is 19.9. The second kappa shape index (κ2) is 17.2. The highest BCUT2D eigenvalue weighted by Gasteiger charge is 2.30. The molecule has 0 aromatic heterocycles. The summed E-state index contributed by atoms with van der Waals surface area (Å²) in [5.74, 6) is -7.28. The number of hydrogen-bond donors (Lipinski definition) is 9. The summed E-state index contributed by atoms with van der Waals surface area (Å²) in [5.41, 5.74) is 6.34. The van der Waals surface area contributed by atoms with Crippen LogP contribution in [-0.4, -0.2) is 84.9 Å². The molecule has 5 atom stereocenters. The number of nitrogens with one attached hydrogen (secondary N) is 3. The number of phosphoric acid groups is 1. The van der Waals surface area contributed by atoms with Crippen molar-refractivity contribution in [2.45, 2.75) is 76.5 Å². The normalized spacial score (nSPS) is 14.7. The van der Waals surface area contributed by atoms with Crippen LogP contribution in [0.3, 0.4) is 0 Å². The molecule has 17 nitrogen and oxygen atoms in total. The lowest BCUT2D eigenvalue weighted by atomic mass is 9.98. The molecule has 0 fully saturated rings. The van der Waals surface area contributed by atoms with Gasteiger partial charge in [0.15, 0.2) is 0 Å². The van der Waals surface area contributed by atoms with Crippen molar-refractivity contribution >= 4 is 43.5 Å². The summed E-state index contributed by atoms with van der Waals surface area (Å²) in [6.07, 6.45) is -1.48. The van der Waals surface area contributed by atoms with Crippen LogP contribution in [0.5, 0.6) is 5.75 Å². The number of nitrogens with two attached hydrogens (primary N) is 1. The zero-order valence-corrected chi connectivity index (χ0v) is 24.4. The summed E-state index contributed by atoms with van der Waals surface area (Å²) < 4.78 is 15.3. The minimum absolute atomic E-state index is 0.0802. The molecule has 0 aliphatic carbocycles. The van der Waals surface area contributed by atoms with Gasteiger partial charge in [-0.1, -0.05) is 32.4 Å². The van der Waals surface area contributed by atoms with Crippen LogP contribution in [-0.2, 0) is 39.8 Å². The van der Waals surface area contributed by atoms with Crippen molar-refractivity contribution in [1.29, 1.82) is 0 Å². The first-order valence-electron chi connectivity index (χ1n) is 13.1. The quantitative estimate of drug-likeness (QED) is 0.0856. The van der Waals surface area contributed by atoms with Crippen LogP contribution in [0.1, 0.15) is 51.5 Å². The fraction of sp³-hybridized carbons (Fsp3) is 0.520. The van der Waals surface area contributed by atoms with E-state index in [2.05, 4.69) is 20.5 Å². The van der Waals surface area contributed by atoms with Gasteiger partial charge in [-0.2, -0.15) is 0 Å². The highest BCUT2D eigenvalue weighted by Crippen LogP contribution is 2.37. The standard InChI is InChI=1S/C25H37N4O13P/c1-3-13(2)21(25(37)38)29-23(34)17(9-11-20(31)32)27-19(30)10-8-18(24(35)36)28-22(33)16(26)12-14-4-6-15(7-5-14)42-43(39,40)41/h4-7,13,16-18,21H,3,8-12,26H2,1-2H3,(H,27,30)(H,28,33)(H,29,34)(H,31,32)(H,35,36)(H,37,38)(H2,39,40,41)/t13-,16-,17-,18-,21?/m0/s1. The average Bonchev–Trinajstić information content (AvgIpc) is 2.90. The third-order valence-corrected chi connectivity index (χ3v) is 6.74. The molecule has 18 heteroatoms. The Labute approximate surface area is 246 Å². The number of rotatable bonds is 19. The Morgan fingerprint density at radius 3 is 1.93 bits per heavy atom. The molecule has 0 aliphatic rings. The van der Waals surface area contributed by atoms with E-state index in [-0.39, 0.29) is 18.6 Å². The Morgan fingerprint density at radius 2 is 1.44 bits per heavy atom. The molecule has 1 unspecified atom stereocenters. The van der Waals surface area contributed by atoms with Crippen LogP contribution >= 0.6 is 7.82 Å². The lowest BCUT2D eigenvalue weighted by Gasteiger charge is -2.24. The SMILES string of the molecule is CC[C@H](C)C(NC(=O)[C@H](CCC(=O)O)NC(=O)CC[C@H](NC(=O)[C@@H](N)Cc1ccc(OP(=O)(O)O)cc1)C(=O)O)C(=O)O. The maximum absolute atomic E-state index is 12.7. The molecule has 1 rings (SSSR count). The first kappa shape index (κ1) is 37.0. The van der Waals surface area contributed by atoms with E-state index in [1.807, 2.05) is 0 Å². The molecule has 0 radical (unpaired) electrons. The van der Waals surface area contributed by atoms with Crippen molar-refractivity contribution in [2.24, 2.45) is 11.7 Å². The molecule has 0 spiro atoms. The highest BCUT2D eigenvalue weighted by molar-refractivity contribution is 7.46. The van der Waals surface area contributed by atoms with Crippen molar-refractivity contribution in [3.8, 4) is 5.75 Å². The van der Waals surface area contributed by atoms with E-state index in [1.165, 1.54) is 24.3 Å². The van der Waals surface area contributed by atoms with Crippen LogP contribution in [0.25, 0.3) is 0 Å². The zero-order valence-electron chi connectivity index (χ0n) is 23.5. The van der Waals surface area contributed by atoms with Gasteiger partial charge < -0.3 is 41.5 Å². The molecule has 1 aromatic rings. The number of carbonyl (C=O) groups excluding carboxylic acids is 3. The Balaban J connectivity index is 2.80. The average molecular weight is 633 g/mol. The van der Waals surface area contributed by atoms with Crippen molar-refractivity contribution in [2.75, 3.05) is 0 Å². The molecule has 0 bridgehead atoms. The number of carboxylic acid groups (broad SMARTS) is 3. The minimum Gasteiger partial charge on any atom is -0.481 e. The van der Waals surface area contributed by atoms with E-state index in [0.717, 1.165) is 0 Å². The predicted octanol–water partition coefficient (Wildman–Crippen LogP) is -0.657. The number of carbonyl (C=O) groups is 6. The fourth-order valence-electron chi connectivity index (χ4n) is 3.72. The van der Waals surface area contributed by atoms with Crippen molar-refractivity contribution < 1.29 is 63.0 Å². The number of phosphoric ester groups is 1. The van der Waals surface area contributed by atoms with Gasteiger partial charge in [-0.15, -0.1) is 0 Å². The van der Waals surface area contributed by atoms with E-state index in [4.69, 9.17) is 20.6 Å². The Morgan fingerprint density at radius 1 is 0.860 bits per heavy atom. The molecule has 240 valence electrons. The monoisotopic (exact) mass is 632 g/mol. The predicted molar refractivity (Wildman–Crippen MR) is 147 cm³/mol. The second-order valence-corrected chi connectivity index (χ2v) is 10.9. The molecule has 43 heavy (non-hydrogen) atoms. The van der Waals surface area contributed by atoms with Crippen molar-refractivity contribution in [1.82, 2.24) is 16.0 Å². The van der Waals surface area contributed by atoms with Crippen LogP contribution in [0, 0.1) is 5.92 Å². The topological polar surface area (TPSA) is 292 Å². The highest BCUT2D eigenvalue weighted by atomic mass is 31.2. The fourth-order valence-corrected chi connectivity index (χ4v) is 4.12. The number of carboxylic acids is 3. The van der Waals surface area contributed by atoms with Gasteiger partial charge in [0.25, 0.3) is 0 Å². The largest absolute Gasteiger partial charge is 0.524 e. The molecular weight excluding hydrogens is 595 g/mol. The molecule has 0 aliphatic heterocycles. The Kier molecular flexibility index (Phi) is 14.8. The molecule has 3 amide bonds. The van der Waals surface area contributed by atoms with Gasteiger partial charge in [-0.25, -0.2) is 14.2 Å². The zero-order chi connectivity index (χ0) is 32.9. The van der Waals surface area contributed by atoms with E-state index in [9.17, 15) is 43.5 Å². The first-order valence-corrected chi connectivity index (χ1v) is 14.6. The van der Waals surface area contributed by atoms with Crippen molar-refractivity contribution in [3.63, 3.8) is 0 Å². The van der Waals surface area contributed by atoms with Crippen molar-refractivity contribution in [3.05, 3.63) is 29.8 Å². The maximum atomic E-state index is 12.7. The van der Waals surface area contributed by atoms with Crippen LogP contribution in [0.15, 0.2) is 24.3 Å². The molecule has 1 aromatic carbocycles. The summed E-state index contributed by atoms with van der Waals surface area (Å²) >= 11 is 0. The molecule has 0 saturated carbocycles. The van der Waals surface area contributed by atoms with Gasteiger partial charge in [-0.3, -0.25) is 29.0 Å². The van der Waals surface area contributed by atoms with Gasteiger partial charge in [0.1, 0.15) is 23.9 Å². The number of aliphatic carboxylic acids is 3. The smallest absolute Gasteiger partial charge is 0.481 e. The van der Waals surface area contributed by atoms with E-state index in [1.54, 1.807) is 13.8 Å². The maximum Gasteiger partial charge on any atom is 0.524 e. The summed E-state index contributed by atoms with van der Waals surface area (Å²) in [5, 5.41) is 34.7. The summed E-state index contributed by atoms with van der Waals surface area (Å²) in [4.78, 5) is 89.8. The number of benzene rings is 1. The van der Waals surface area contributed by atoms with Gasteiger partial charge in [-0.05, 0) is 42.9 Å². The molecular formula is C25H37N4O13P. The molecule has 0 heterocycles. The molecule has 0 saturated heterocycles. The lowest BCUT2D eigenvalue weighted by molar-refractivity contribution is -0.144. The third kappa shape index (κ3) is 14.1. The van der Waals surface area contributed by atoms with Crippen LogP contribution in [0.2, 0.25) is 0 Å². The van der Waals surface area contributed by atoms with E-state index < -0.39 is 92.8 Å². The summed E-state index contributed by atoms with van der Waals surface area (Å²) in [7, 11) is -4.76. The Bertz CT molecular complexity index is 1200.